The summed E-state index contributed by atoms with van der Waals surface area (Å²) in [5, 5.41) is 15.4. The molecule has 0 fully saturated rings. The van der Waals surface area contributed by atoms with Crippen molar-refractivity contribution in [1.82, 2.24) is 19.7 Å². The molecule has 0 unspecified atom stereocenters. The van der Waals surface area contributed by atoms with Crippen molar-refractivity contribution in [2.24, 2.45) is 0 Å². The van der Waals surface area contributed by atoms with Crippen LogP contribution in [-0.4, -0.2) is 37.0 Å². The van der Waals surface area contributed by atoms with E-state index in [0.717, 1.165) is 12.0 Å². The Bertz CT molecular complexity index is 926. The quantitative estimate of drug-likeness (QED) is 0.473. The van der Waals surface area contributed by atoms with E-state index in [9.17, 15) is 14.9 Å². The first-order valence-electron chi connectivity index (χ1n) is 8.56. The lowest BCUT2D eigenvalue weighted by atomic mass is 10.1. The first kappa shape index (κ1) is 18.2. The van der Waals surface area contributed by atoms with Gasteiger partial charge in [0.2, 0.25) is 0 Å². The Morgan fingerprint density at radius 1 is 1.22 bits per heavy atom. The van der Waals surface area contributed by atoms with Gasteiger partial charge >= 0.3 is 0 Å². The third kappa shape index (κ3) is 4.17. The lowest BCUT2D eigenvalue weighted by Gasteiger charge is -2.22. The molecule has 0 aliphatic rings. The summed E-state index contributed by atoms with van der Waals surface area (Å²) in [4.78, 5) is 29.5. The van der Waals surface area contributed by atoms with Crippen molar-refractivity contribution in [3.8, 4) is 5.69 Å². The number of nitrogens with zero attached hydrogens (tertiary/aromatic N) is 5. The van der Waals surface area contributed by atoms with Crippen LogP contribution < -0.4 is 0 Å². The number of amides is 1. The van der Waals surface area contributed by atoms with Gasteiger partial charge < -0.3 is 4.90 Å². The summed E-state index contributed by atoms with van der Waals surface area (Å²) in [6.45, 7) is 3.00. The van der Waals surface area contributed by atoms with Crippen LogP contribution in [0.1, 0.15) is 29.3 Å². The minimum Gasteiger partial charge on any atom is -0.334 e. The maximum Gasteiger partial charge on any atom is 0.295 e. The van der Waals surface area contributed by atoms with Gasteiger partial charge in [-0.15, -0.1) is 0 Å². The third-order valence-electron chi connectivity index (χ3n) is 4.08. The van der Waals surface area contributed by atoms with Crippen molar-refractivity contribution in [2.45, 2.75) is 19.9 Å². The summed E-state index contributed by atoms with van der Waals surface area (Å²) in [5.74, 6) is -0.242. The molecular weight excluding hydrogens is 346 g/mol. The highest BCUT2D eigenvalue weighted by Gasteiger charge is 2.22. The van der Waals surface area contributed by atoms with Gasteiger partial charge in [0.15, 0.2) is 0 Å². The second kappa shape index (κ2) is 8.22. The molecule has 1 heterocycles. The Balaban J connectivity index is 1.92. The fourth-order valence-corrected chi connectivity index (χ4v) is 2.84. The first-order chi connectivity index (χ1) is 13.1. The number of carbonyl (C=O) groups is 1. The molecule has 0 N–H and O–H groups in total. The molecule has 0 saturated heterocycles. The van der Waals surface area contributed by atoms with Crippen LogP contribution in [0.15, 0.2) is 61.2 Å². The molecule has 8 heteroatoms. The van der Waals surface area contributed by atoms with Crippen molar-refractivity contribution in [1.29, 1.82) is 0 Å². The second-order valence-corrected chi connectivity index (χ2v) is 6.01. The summed E-state index contributed by atoms with van der Waals surface area (Å²) in [5.41, 5.74) is 1.35. The Hall–Kier alpha value is -3.55. The van der Waals surface area contributed by atoms with E-state index in [1.54, 1.807) is 11.0 Å². The molecule has 0 bridgehead atoms. The van der Waals surface area contributed by atoms with E-state index in [1.165, 1.54) is 29.5 Å². The topological polar surface area (TPSA) is 94.2 Å². The average Bonchev–Trinajstić information content (AvgIpc) is 3.22. The van der Waals surface area contributed by atoms with E-state index >= 15 is 0 Å². The number of rotatable bonds is 7. The normalized spacial score (nSPS) is 10.6. The molecule has 3 rings (SSSR count). The number of hydrogen-bond donors (Lipinski definition) is 0. The molecule has 0 radical (unpaired) electrons. The Labute approximate surface area is 156 Å². The van der Waals surface area contributed by atoms with Crippen LogP contribution >= 0.6 is 0 Å². The summed E-state index contributed by atoms with van der Waals surface area (Å²) in [7, 11) is 0. The monoisotopic (exact) mass is 365 g/mol. The van der Waals surface area contributed by atoms with Gasteiger partial charge in [-0.25, -0.2) is 9.67 Å². The molecule has 0 aliphatic carbocycles. The van der Waals surface area contributed by atoms with Crippen LogP contribution in [0.25, 0.3) is 5.69 Å². The summed E-state index contributed by atoms with van der Waals surface area (Å²) >= 11 is 0. The van der Waals surface area contributed by atoms with Crippen molar-refractivity contribution in [3.63, 3.8) is 0 Å². The average molecular weight is 365 g/mol. The lowest BCUT2D eigenvalue weighted by Crippen LogP contribution is -2.31. The van der Waals surface area contributed by atoms with E-state index in [4.69, 9.17) is 0 Å². The highest BCUT2D eigenvalue weighted by atomic mass is 16.6. The van der Waals surface area contributed by atoms with Crippen LogP contribution in [0.4, 0.5) is 5.69 Å². The molecule has 8 nitrogen and oxygen atoms in total. The van der Waals surface area contributed by atoms with Gasteiger partial charge in [-0.1, -0.05) is 37.3 Å². The molecule has 3 aromatic rings. The van der Waals surface area contributed by atoms with Crippen molar-refractivity contribution in [2.75, 3.05) is 6.54 Å². The number of aromatic nitrogens is 3. The number of nitro groups is 1. The summed E-state index contributed by atoms with van der Waals surface area (Å²) < 4.78 is 1.31. The van der Waals surface area contributed by atoms with Crippen LogP contribution in [0, 0.1) is 10.1 Å². The first-order valence-corrected chi connectivity index (χ1v) is 8.56. The molecule has 1 amide bonds. The zero-order valence-electron chi connectivity index (χ0n) is 14.9. The number of nitro benzene ring substituents is 1. The Morgan fingerprint density at radius 3 is 2.63 bits per heavy atom. The number of benzene rings is 2. The maximum atomic E-state index is 13.0. The largest absolute Gasteiger partial charge is 0.334 e. The van der Waals surface area contributed by atoms with Gasteiger partial charge in [0.25, 0.3) is 11.6 Å². The molecule has 27 heavy (non-hydrogen) atoms. The summed E-state index contributed by atoms with van der Waals surface area (Å²) in [6.07, 6.45) is 3.46. The van der Waals surface area contributed by atoms with Crippen LogP contribution in [0.5, 0.6) is 0 Å². The minimum absolute atomic E-state index is 0.192. The number of carbonyl (C=O) groups excluding carboxylic acids is 1. The molecule has 0 spiro atoms. The van der Waals surface area contributed by atoms with Crippen molar-refractivity contribution >= 4 is 11.6 Å². The van der Waals surface area contributed by atoms with Gasteiger partial charge in [0, 0.05) is 24.7 Å². The van der Waals surface area contributed by atoms with Crippen LogP contribution in [0.3, 0.4) is 0 Å². The summed E-state index contributed by atoms with van der Waals surface area (Å²) in [6, 6.07) is 14.1. The fourth-order valence-electron chi connectivity index (χ4n) is 2.84. The van der Waals surface area contributed by atoms with Gasteiger partial charge in [-0.3, -0.25) is 14.9 Å². The predicted octanol–water partition coefficient (Wildman–Crippen LogP) is 3.23. The van der Waals surface area contributed by atoms with Crippen molar-refractivity contribution in [3.05, 3.63) is 82.4 Å². The van der Waals surface area contributed by atoms with E-state index < -0.39 is 4.92 Å². The second-order valence-electron chi connectivity index (χ2n) is 6.01. The zero-order valence-corrected chi connectivity index (χ0v) is 14.9. The lowest BCUT2D eigenvalue weighted by molar-refractivity contribution is -0.384. The molecule has 1 aromatic heterocycles. The SMILES string of the molecule is CCCN(Cc1ccccc1)C(=O)c1ccc(-n2cncn2)c([N+](=O)[O-])c1. The molecular formula is C19H19N5O3. The standard InChI is InChI=1S/C19H19N5O3/c1-2-10-22(12-15-6-4-3-5-7-15)19(25)16-8-9-17(18(11-16)24(26)27)23-14-20-13-21-23/h3-9,11,13-14H,2,10,12H2,1H3. The zero-order chi connectivity index (χ0) is 19.2. The van der Waals surface area contributed by atoms with E-state index in [-0.39, 0.29) is 22.8 Å². The van der Waals surface area contributed by atoms with Gasteiger partial charge in [-0.05, 0) is 24.1 Å². The highest BCUT2D eigenvalue weighted by molar-refractivity contribution is 5.95. The highest BCUT2D eigenvalue weighted by Crippen LogP contribution is 2.24. The van der Waals surface area contributed by atoms with E-state index in [1.807, 2.05) is 37.3 Å². The molecule has 138 valence electrons. The molecule has 0 atom stereocenters. The van der Waals surface area contributed by atoms with E-state index in [2.05, 4.69) is 10.1 Å². The maximum absolute atomic E-state index is 13.0. The van der Waals surface area contributed by atoms with Gasteiger partial charge in [-0.2, -0.15) is 5.10 Å². The van der Waals surface area contributed by atoms with Crippen LogP contribution in [0.2, 0.25) is 0 Å². The predicted molar refractivity (Wildman–Crippen MR) is 99.5 cm³/mol. The Morgan fingerprint density at radius 2 is 2.00 bits per heavy atom. The molecule has 0 saturated carbocycles. The smallest absolute Gasteiger partial charge is 0.295 e. The number of hydrogen-bond acceptors (Lipinski definition) is 5. The van der Waals surface area contributed by atoms with Crippen LogP contribution in [-0.2, 0) is 6.54 Å². The fraction of sp³-hybridized carbons (Fsp3) is 0.211. The Kier molecular flexibility index (Phi) is 5.55. The molecule has 0 aliphatic heterocycles. The van der Waals surface area contributed by atoms with Crippen molar-refractivity contribution < 1.29 is 9.72 Å². The minimum atomic E-state index is -0.519. The van der Waals surface area contributed by atoms with Gasteiger partial charge in [0.1, 0.15) is 18.3 Å². The van der Waals surface area contributed by atoms with Gasteiger partial charge in [0.05, 0.1) is 4.92 Å². The van der Waals surface area contributed by atoms with E-state index in [0.29, 0.717) is 13.1 Å². The third-order valence-corrected chi connectivity index (χ3v) is 4.08. The molecule has 2 aromatic carbocycles.